The molecule has 1 aromatic heterocycles. The molecule has 0 saturated carbocycles. The summed E-state index contributed by atoms with van der Waals surface area (Å²) in [6.45, 7) is 6.40. The Hall–Kier alpha value is -2.65. The Morgan fingerprint density at radius 2 is 1.90 bits per heavy atom. The Balaban J connectivity index is 1.71. The van der Waals surface area contributed by atoms with Crippen LogP contribution in [0.1, 0.15) is 42.3 Å². The summed E-state index contributed by atoms with van der Waals surface area (Å²) >= 11 is 13.6. The number of amides is 1. The van der Waals surface area contributed by atoms with Crippen LogP contribution < -0.4 is 5.32 Å². The summed E-state index contributed by atoms with van der Waals surface area (Å²) in [6.07, 6.45) is 3.80. The van der Waals surface area contributed by atoms with E-state index in [1.54, 1.807) is 24.4 Å². The van der Waals surface area contributed by atoms with Crippen LogP contribution in [0, 0.1) is 11.3 Å². The molecule has 2 aromatic carbocycles. The van der Waals surface area contributed by atoms with Gasteiger partial charge in [0.05, 0.1) is 0 Å². The quantitative estimate of drug-likeness (QED) is 0.326. The fraction of sp³-hybridized carbons (Fsp3) is 0.208. The highest BCUT2D eigenvalue weighted by molar-refractivity contribution is 7.15. The first-order valence-corrected chi connectivity index (χ1v) is 11.2. The lowest BCUT2D eigenvalue weighted by Crippen LogP contribution is -2.13. The van der Waals surface area contributed by atoms with Crippen LogP contribution in [-0.2, 0) is 16.6 Å². The van der Waals surface area contributed by atoms with Gasteiger partial charge in [0.1, 0.15) is 11.6 Å². The molecule has 7 heteroatoms. The summed E-state index contributed by atoms with van der Waals surface area (Å²) in [5.74, 6) is -0.496. The van der Waals surface area contributed by atoms with E-state index in [0.29, 0.717) is 21.6 Å². The second-order valence-electron chi connectivity index (χ2n) is 8.04. The maximum absolute atomic E-state index is 12.6. The number of halogens is 2. The number of rotatable bonds is 5. The van der Waals surface area contributed by atoms with E-state index >= 15 is 0 Å². The number of hydrogen-bond acceptors (Lipinski definition) is 4. The predicted octanol–water partition coefficient (Wildman–Crippen LogP) is 6.88. The number of nitrogens with one attached hydrogen (secondary N) is 1. The van der Waals surface area contributed by atoms with Crippen LogP contribution >= 0.6 is 34.5 Å². The van der Waals surface area contributed by atoms with E-state index in [0.717, 1.165) is 16.0 Å². The van der Waals surface area contributed by atoms with Crippen molar-refractivity contribution in [2.75, 3.05) is 5.32 Å². The third-order valence-corrected chi connectivity index (χ3v) is 6.12. The van der Waals surface area contributed by atoms with Crippen LogP contribution in [0.25, 0.3) is 6.08 Å². The van der Waals surface area contributed by atoms with E-state index in [2.05, 4.69) is 31.1 Å². The van der Waals surface area contributed by atoms with E-state index in [1.165, 1.54) is 16.9 Å². The second kappa shape index (κ2) is 9.65. The fourth-order valence-electron chi connectivity index (χ4n) is 2.87. The number of benzene rings is 2. The zero-order valence-electron chi connectivity index (χ0n) is 17.4. The minimum atomic E-state index is -0.496. The third kappa shape index (κ3) is 6.18. The van der Waals surface area contributed by atoms with Gasteiger partial charge in [-0.25, -0.2) is 4.98 Å². The van der Waals surface area contributed by atoms with Crippen molar-refractivity contribution >= 4 is 51.7 Å². The van der Waals surface area contributed by atoms with Crippen molar-refractivity contribution in [2.24, 2.45) is 0 Å². The molecule has 0 bridgehead atoms. The molecule has 158 valence electrons. The van der Waals surface area contributed by atoms with E-state index in [4.69, 9.17) is 23.2 Å². The summed E-state index contributed by atoms with van der Waals surface area (Å²) in [4.78, 5) is 17.7. The standard InChI is InChI=1S/C24H21Cl2N3OS/c1-24(2,3)18-6-4-15(5-7-18)10-17(13-27)22(30)29-23-28-14-20(31-23)12-16-11-19(25)8-9-21(16)26/h4-11,14H,12H2,1-3H3,(H,28,29,30). The Kier molecular flexibility index (Phi) is 7.17. The first kappa shape index (κ1) is 23.0. The van der Waals surface area contributed by atoms with Gasteiger partial charge in [0.15, 0.2) is 5.13 Å². The summed E-state index contributed by atoms with van der Waals surface area (Å²) in [5, 5.41) is 13.8. The van der Waals surface area contributed by atoms with Gasteiger partial charge in [-0.1, -0.05) is 68.2 Å². The number of carbonyl (C=O) groups is 1. The van der Waals surface area contributed by atoms with Gasteiger partial charge < -0.3 is 0 Å². The van der Waals surface area contributed by atoms with Crippen molar-refractivity contribution in [2.45, 2.75) is 32.6 Å². The molecule has 31 heavy (non-hydrogen) atoms. The average Bonchev–Trinajstić information content (AvgIpc) is 3.15. The maximum Gasteiger partial charge on any atom is 0.268 e. The predicted molar refractivity (Wildman–Crippen MR) is 129 cm³/mol. The molecular weight excluding hydrogens is 449 g/mol. The molecule has 1 N–H and O–H groups in total. The van der Waals surface area contributed by atoms with Gasteiger partial charge in [0, 0.05) is 27.5 Å². The minimum absolute atomic E-state index is 0.0122. The number of thiazole rings is 1. The van der Waals surface area contributed by atoms with Crippen molar-refractivity contribution in [3.8, 4) is 6.07 Å². The topological polar surface area (TPSA) is 65.8 Å². The Morgan fingerprint density at radius 1 is 1.19 bits per heavy atom. The van der Waals surface area contributed by atoms with Crippen LogP contribution in [0.4, 0.5) is 5.13 Å². The molecule has 0 aliphatic rings. The summed E-state index contributed by atoms with van der Waals surface area (Å²) in [5.41, 5.74) is 2.90. The smallest absolute Gasteiger partial charge is 0.268 e. The van der Waals surface area contributed by atoms with Crippen molar-refractivity contribution in [3.05, 3.63) is 85.8 Å². The number of nitriles is 1. The van der Waals surface area contributed by atoms with Gasteiger partial charge in [-0.3, -0.25) is 10.1 Å². The van der Waals surface area contributed by atoms with Crippen LogP contribution in [0.5, 0.6) is 0 Å². The Bertz CT molecular complexity index is 1170. The number of nitrogens with zero attached hydrogens (tertiary/aromatic N) is 2. The van der Waals surface area contributed by atoms with Gasteiger partial charge in [-0.15, -0.1) is 11.3 Å². The molecule has 0 spiro atoms. The lowest BCUT2D eigenvalue weighted by Gasteiger charge is -2.18. The van der Waals surface area contributed by atoms with Crippen molar-refractivity contribution < 1.29 is 4.79 Å². The van der Waals surface area contributed by atoms with Crippen molar-refractivity contribution in [3.63, 3.8) is 0 Å². The molecule has 3 rings (SSSR count). The zero-order valence-corrected chi connectivity index (χ0v) is 19.7. The average molecular weight is 470 g/mol. The number of hydrogen-bond donors (Lipinski definition) is 1. The lowest BCUT2D eigenvalue weighted by molar-refractivity contribution is -0.112. The summed E-state index contributed by atoms with van der Waals surface area (Å²) < 4.78 is 0. The Labute approximate surface area is 196 Å². The first-order valence-electron chi connectivity index (χ1n) is 9.58. The number of aromatic nitrogens is 1. The van der Waals surface area contributed by atoms with Gasteiger partial charge >= 0.3 is 0 Å². The molecular formula is C24H21Cl2N3OS. The molecule has 0 radical (unpaired) electrons. The van der Waals surface area contributed by atoms with E-state index in [1.807, 2.05) is 36.4 Å². The Morgan fingerprint density at radius 3 is 2.55 bits per heavy atom. The lowest BCUT2D eigenvalue weighted by atomic mass is 9.86. The monoisotopic (exact) mass is 469 g/mol. The van der Waals surface area contributed by atoms with Crippen LogP contribution in [0.3, 0.4) is 0 Å². The molecule has 0 aliphatic carbocycles. The van der Waals surface area contributed by atoms with Crippen LogP contribution in [-0.4, -0.2) is 10.9 Å². The van der Waals surface area contributed by atoms with Gasteiger partial charge in [0.25, 0.3) is 5.91 Å². The molecule has 1 heterocycles. The first-order chi connectivity index (χ1) is 14.7. The summed E-state index contributed by atoms with van der Waals surface area (Å²) in [6, 6.07) is 15.1. The van der Waals surface area contributed by atoms with Crippen LogP contribution in [0.15, 0.2) is 54.2 Å². The maximum atomic E-state index is 12.6. The van der Waals surface area contributed by atoms with Crippen LogP contribution in [0.2, 0.25) is 10.0 Å². The molecule has 0 unspecified atom stereocenters. The SMILES string of the molecule is CC(C)(C)c1ccc(C=C(C#N)C(=O)Nc2ncc(Cc3cc(Cl)ccc3Cl)s2)cc1. The second-order valence-corrected chi connectivity index (χ2v) is 10.00. The fourth-order valence-corrected chi connectivity index (χ4v) is 4.08. The molecule has 3 aromatic rings. The largest absolute Gasteiger partial charge is 0.297 e. The molecule has 0 atom stereocenters. The molecule has 1 amide bonds. The molecule has 0 fully saturated rings. The van der Waals surface area contributed by atoms with E-state index in [-0.39, 0.29) is 11.0 Å². The van der Waals surface area contributed by atoms with E-state index < -0.39 is 5.91 Å². The normalized spacial score (nSPS) is 11.8. The zero-order chi connectivity index (χ0) is 22.6. The third-order valence-electron chi connectivity index (χ3n) is 4.60. The minimum Gasteiger partial charge on any atom is -0.297 e. The van der Waals surface area contributed by atoms with Crippen molar-refractivity contribution in [1.29, 1.82) is 5.26 Å². The molecule has 0 aliphatic heterocycles. The van der Waals surface area contributed by atoms with E-state index in [9.17, 15) is 10.1 Å². The molecule has 0 saturated heterocycles. The highest BCUT2D eigenvalue weighted by Crippen LogP contribution is 2.27. The number of anilines is 1. The van der Waals surface area contributed by atoms with Crippen molar-refractivity contribution in [1.82, 2.24) is 4.98 Å². The van der Waals surface area contributed by atoms with Gasteiger partial charge in [-0.2, -0.15) is 5.26 Å². The highest BCUT2D eigenvalue weighted by atomic mass is 35.5. The number of carbonyl (C=O) groups excluding carboxylic acids is 1. The summed E-state index contributed by atoms with van der Waals surface area (Å²) in [7, 11) is 0. The highest BCUT2D eigenvalue weighted by Gasteiger charge is 2.15. The van der Waals surface area contributed by atoms with Gasteiger partial charge in [0.2, 0.25) is 0 Å². The van der Waals surface area contributed by atoms with Gasteiger partial charge in [-0.05, 0) is 46.4 Å². The molecule has 4 nitrogen and oxygen atoms in total.